The first-order valence-electron chi connectivity index (χ1n) is 5.11. The lowest BCUT2D eigenvalue weighted by Crippen LogP contribution is -2.18. The second-order valence-corrected chi connectivity index (χ2v) is 3.44. The van der Waals surface area contributed by atoms with Gasteiger partial charge in [0.05, 0.1) is 14.2 Å². The van der Waals surface area contributed by atoms with E-state index in [1.54, 1.807) is 12.1 Å². The molecule has 1 unspecified atom stereocenters. The van der Waals surface area contributed by atoms with Crippen molar-refractivity contribution in [2.75, 3.05) is 14.2 Å². The average Bonchev–Trinajstić information content (AvgIpc) is 2.34. The van der Waals surface area contributed by atoms with Crippen LogP contribution in [0.5, 0.6) is 11.5 Å². The van der Waals surface area contributed by atoms with Gasteiger partial charge >= 0.3 is 11.9 Å². The molecule has 98 valence electrons. The van der Waals surface area contributed by atoms with Gasteiger partial charge in [0.25, 0.3) is 0 Å². The van der Waals surface area contributed by atoms with E-state index in [0.717, 1.165) is 6.92 Å². The number of benzene rings is 1. The molecule has 1 atom stereocenters. The summed E-state index contributed by atoms with van der Waals surface area (Å²) in [4.78, 5) is 22.1. The van der Waals surface area contributed by atoms with Gasteiger partial charge in [-0.1, -0.05) is 0 Å². The lowest BCUT2D eigenvalue weighted by molar-refractivity contribution is -0.163. The Hall–Kier alpha value is -2.24. The van der Waals surface area contributed by atoms with E-state index in [1.165, 1.54) is 20.3 Å². The van der Waals surface area contributed by atoms with Gasteiger partial charge in [-0.3, -0.25) is 4.79 Å². The zero-order valence-electron chi connectivity index (χ0n) is 10.3. The maximum atomic E-state index is 11.1. The molecule has 0 aliphatic heterocycles. The lowest BCUT2D eigenvalue weighted by Gasteiger charge is -2.16. The molecule has 0 spiro atoms. The number of esters is 1. The number of ether oxygens (including phenoxy) is 3. The fourth-order valence-corrected chi connectivity index (χ4v) is 1.46. The Labute approximate surface area is 104 Å². The quantitative estimate of drug-likeness (QED) is 0.799. The van der Waals surface area contributed by atoms with Crippen molar-refractivity contribution in [2.45, 2.75) is 13.0 Å². The Balaban J connectivity index is 3.23. The number of carboxylic acid groups (broad SMARTS) is 1. The number of hydrogen-bond donors (Lipinski definition) is 1. The van der Waals surface area contributed by atoms with Gasteiger partial charge in [0.1, 0.15) is 11.5 Å². The summed E-state index contributed by atoms with van der Waals surface area (Å²) in [6, 6.07) is 4.63. The van der Waals surface area contributed by atoms with Gasteiger partial charge in [-0.25, -0.2) is 4.79 Å². The monoisotopic (exact) mass is 254 g/mol. The predicted octanol–water partition coefficient (Wildman–Crippen LogP) is 1.39. The molecule has 1 N–H and O–H groups in total. The number of carbonyl (C=O) groups excluding carboxylic acids is 1. The second-order valence-electron chi connectivity index (χ2n) is 3.44. The minimum atomic E-state index is -1.42. The lowest BCUT2D eigenvalue weighted by atomic mass is 10.1. The third-order valence-corrected chi connectivity index (χ3v) is 2.23. The molecule has 6 heteroatoms. The molecule has 0 radical (unpaired) electrons. The highest BCUT2D eigenvalue weighted by Gasteiger charge is 2.27. The molecule has 0 bridgehead atoms. The summed E-state index contributed by atoms with van der Waals surface area (Å²) in [5.41, 5.74) is 0.222. The molecule has 1 aromatic carbocycles. The summed E-state index contributed by atoms with van der Waals surface area (Å²) >= 11 is 0. The summed E-state index contributed by atoms with van der Waals surface area (Å²) < 4.78 is 14.8. The molecular weight excluding hydrogens is 240 g/mol. The van der Waals surface area contributed by atoms with Gasteiger partial charge in [0, 0.05) is 12.5 Å². The minimum Gasteiger partial charge on any atom is -0.497 e. The van der Waals surface area contributed by atoms with E-state index >= 15 is 0 Å². The van der Waals surface area contributed by atoms with E-state index in [2.05, 4.69) is 0 Å². The maximum Gasteiger partial charge on any atom is 0.349 e. The SMILES string of the molecule is COc1ccc(OC)c(C(OC(C)=O)C(=O)O)c1. The second kappa shape index (κ2) is 5.90. The molecular formula is C12H14O6. The van der Waals surface area contributed by atoms with E-state index < -0.39 is 18.0 Å². The molecule has 0 saturated carbocycles. The minimum absolute atomic E-state index is 0.222. The van der Waals surface area contributed by atoms with Crippen molar-refractivity contribution in [1.29, 1.82) is 0 Å². The van der Waals surface area contributed by atoms with Crippen LogP contribution >= 0.6 is 0 Å². The van der Waals surface area contributed by atoms with Crippen LogP contribution in [-0.2, 0) is 14.3 Å². The summed E-state index contributed by atoms with van der Waals surface area (Å²) in [5, 5.41) is 9.09. The number of aliphatic carboxylic acids is 1. The molecule has 1 rings (SSSR count). The Morgan fingerprint density at radius 3 is 2.33 bits per heavy atom. The highest BCUT2D eigenvalue weighted by molar-refractivity contribution is 5.79. The molecule has 0 fully saturated rings. The van der Waals surface area contributed by atoms with E-state index in [-0.39, 0.29) is 5.56 Å². The van der Waals surface area contributed by atoms with Crippen molar-refractivity contribution in [2.24, 2.45) is 0 Å². The van der Waals surface area contributed by atoms with E-state index in [1.807, 2.05) is 0 Å². The van der Waals surface area contributed by atoms with Gasteiger partial charge in [0.15, 0.2) is 0 Å². The van der Waals surface area contributed by atoms with E-state index in [4.69, 9.17) is 19.3 Å². The number of carboxylic acids is 1. The van der Waals surface area contributed by atoms with Crippen molar-refractivity contribution < 1.29 is 28.9 Å². The van der Waals surface area contributed by atoms with Crippen LogP contribution in [0.4, 0.5) is 0 Å². The number of hydrogen-bond acceptors (Lipinski definition) is 5. The van der Waals surface area contributed by atoms with Gasteiger partial charge in [-0.15, -0.1) is 0 Å². The molecule has 1 aromatic rings. The van der Waals surface area contributed by atoms with Crippen molar-refractivity contribution in [3.63, 3.8) is 0 Å². The zero-order valence-corrected chi connectivity index (χ0v) is 10.3. The molecule has 0 aliphatic carbocycles. The fourth-order valence-electron chi connectivity index (χ4n) is 1.46. The summed E-state index contributed by atoms with van der Waals surface area (Å²) in [5.74, 6) is -1.21. The van der Waals surface area contributed by atoms with Crippen LogP contribution in [0.1, 0.15) is 18.6 Å². The van der Waals surface area contributed by atoms with E-state index in [0.29, 0.717) is 11.5 Å². The van der Waals surface area contributed by atoms with Gasteiger partial charge in [-0.05, 0) is 18.2 Å². The van der Waals surface area contributed by atoms with Gasteiger partial charge in [-0.2, -0.15) is 0 Å². The third kappa shape index (κ3) is 3.13. The molecule has 6 nitrogen and oxygen atoms in total. The van der Waals surface area contributed by atoms with Gasteiger partial charge in [0.2, 0.25) is 6.10 Å². The summed E-state index contributed by atoms with van der Waals surface area (Å²) in [6.45, 7) is 1.14. The molecule has 0 aliphatic rings. The Bertz CT molecular complexity index is 454. The summed E-state index contributed by atoms with van der Waals surface area (Å²) in [6.07, 6.45) is -1.42. The molecule has 18 heavy (non-hydrogen) atoms. The summed E-state index contributed by atoms with van der Waals surface area (Å²) in [7, 11) is 2.85. The molecule has 0 heterocycles. The largest absolute Gasteiger partial charge is 0.497 e. The normalized spacial score (nSPS) is 11.5. The number of carbonyl (C=O) groups is 2. The molecule has 0 saturated heterocycles. The molecule has 0 amide bonds. The van der Waals surface area contributed by atoms with E-state index in [9.17, 15) is 9.59 Å². The first-order chi connectivity index (χ1) is 8.49. The van der Waals surface area contributed by atoms with Crippen LogP contribution in [0.2, 0.25) is 0 Å². The third-order valence-electron chi connectivity index (χ3n) is 2.23. The Kier molecular flexibility index (Phi) is 4.53. The standard InChI is InChI=1S/C12H14O6/c1-7(13)18-11(12(14)15)9-6-8(16-2)4-5-10(9)17-3/h4-6,11H,1-3H3,(H,14,15). The first-order valence-corrected chi connectivity index (χ1v) is 5.11. The molecule has 0 aromatic heterocycles. The highest BCUT2D eigenvalue weighted by atomic mass is 16.6. The average molecular weight is 254 g/mol. The van der Waals surface area contributed by atoms with Crippen molar-refractivity contribution >= 4 is 11.9 Å². The van der Waals surface area contributed by atoms with Crippen molar-refractivity contribution in [3.05, 3.63) is 23.8 Å². The topological polar surface area (TPSA) is 82.1 Å². The zero-order chi connectivity index (χ0) is 13.7. The van der Waals surface area contributed by atoms with Crippen LogP contribution < -0.4 is 9.47 Å². The smallest absolute Gasteiger partial charge is 0.349 e. The van der Waals surface area contributed by atoms with Crippen molar-refractivity contribution in [1.82, 2.24) is 0 Å². The number of rotatable bonds is 5. The highest BCUT2D eigenvalue weighted by Crippen LogP contribution is 2.31. The van der Waals surface area contributed by atoms with Crippen LogP contribution in [0.3, 0.4) is 0 Å². The maximum absolute atomic E-state index is 11.1. The fraction of sp³-hybridized carbons (Fsp3) is 0.333. The number of methoxy groups -OCH3 is 2. The first kappa shape index (κ1) is 13.8. The van der Waals surface area contributed by atoms with Crippen LogP contribution in [0.15, 0.2) is 18.2 Å². The predicted molar refractivity (Wildman–Crippen MR) is 61.7 cm³/mol. The Morgan fingerprint density at radius 2 is 1.89 bits per heavy atom. The van der Waals surface area contributed by atoms with Crippen LogP contribution in [-0.4, -0.2) is 31.3 Å². The van der Waals surface area contributed by atoms with Crippen LogP contribution in [0, 0.1) is 0 Å². The Morgan fingerprint density at radius 1 is 1.22 bits per heavy atom. The van der Waals surface area contributed by atoms with Crippen LogP contribution in [0.25, 0.3) is 0 Å². The van der Waals surface area contributed by atoms with Gasteiger partial charge < -0.3 is 19.3 Å². The van der Waals surface area contributed by atoms with Crippen molar-refractivity contribution in [3.8, 4) is 11.5 Å².